The summed E-state index contributed by atoms with van der Waals surface area (Å²) < 4.78 is 13.0. The largest absolute Gasteiger partial charge is 0.297 e. The average molecular weight is 313 g/mol. The van der Waals surface area contributed by atoms with Gasteiger partial charge < -0.3 is 0 Å². The molecule has 0 saturated carbocycles. The minimum atomic E-state index is -0.483. The van der Waals surface area contributed by atoms with E-state index in [4.69, 9.17) is 0 Å². The van der Waals surface area contributed by atoms with E-state index in [1.54, 1.807) is 24.3 Å². The van der Waals surface area contributed by atoms with Crippen LogP contribution in [0.2, 0.25) is 0 Å². The van der Waals surface area contributed by atoms with Crippen molar-refractivity contribution in [1.82, 2.24) is 10.2 Å². The normalized spacial score (nSPS) is 10.7. The summed E-state index contributed by atoms with van der Waals surface area (Å²) >= 11 is 0. The van der Waals surface area contributed by atoms with Gasteiger partial charge in [0, 0.05) is 29.7 Å². The van der Waals surface area contributed by atoms with E-state index in [-0.39, 0.29) is 17.1 Å². The van der Waals surface area contributed by atoms with Crippen LogP contribution in [0, 0.1) is 15.9 Å². The Kier molecular flexibility index (Phi) is 3.76. The topological polar surface area (TPSA) is 91.8 Å². The lowest BCUT2D eigenvalue weighted by Crippen LogP contribution is -2.06. The zero-order chi connectivity index (χ0) is 16.4. The molecule has 0 fully saturated rings. The first kappa shape index (κ1) is 14.7. The molecule has 0 atom stereocenters. The Morgan fingerprint density at radius 1 is 1.00 bits per heavy atom. The van der Waals surface area contributed by atoms with Crippen molar-refractivity contribution in [3.05, 3.63) is 85.9 Å². The minimum absolute atomic E-state index is 0.0216. The Hall–Kier alpha value is -3.22. The van der Waals surface area contributed by atoms with Gasteiger partial charge in [-0.05, 0) is 29.8 Å². The lowest BCUT2D eigenvalue weighted by molar-refractivity contribution is -0.384. The maximum absolute atomic E-state index is 13.0. The average Bonchev–Trinajstić information content (AvgIpc) is 2.91. The third-order valence-corrected chi connectivity index (χ3v) is 3.54. The van der Waals surface area contributed by atoms with Gasteiger partial charge in [-0.15, -0.1) is 0 Å². The molecule has 2 N–H and O–H groups in total. The van der Waals surface area contributed by atoms with Crippen molar-refractivity contribution in [2.24, 2.45) is 0 Å². The molecule has 1 aromatic heterocycles. The number of rotatable bonds is 4. The van der Waals surface area contributed by atoms with Crippen LogP contribution in [0.5, 0.6) is 0 Å². The van der Waals surface area contributed by atoms with Crippen LogP contribution in [0.15, 0.2) is 53.3 Å². The number of nitro groups is 1. The Morgan fingerprint density at radius 3 is 2.26 bits per heavy atom. The monoisotopic (exact) mass is 313 g/mol. The maximum Gasteiger partial charge on any atom is 0.269 e. The Labute approximate surface area is 129 Å². The van der Waals surface area contributed by atoms with Gasteiger partial charge in [0.2, 0.25) is 0 Å². The first-order valence-electron chi connectivity index (χ1n) is 6.83. The fourth-order valence-corrected chi connectivity index (χ4v) is 2.35. The van der Waals surface area contributed by atoms with Crippen LogP contribution in [0.1, 0.15) is 11.1 Å². The summed E-state index contributed by atoms with van der Waals surface area (Å²) in [7, 11) is 0. The highest BCUT2D eigenvalue weighted by atomic mass is 19.1. The molecule has 3 rings (SSSR count). The van der Waals surface area contributed by atoms with Crippen molar-refractivity contribution in [2.75, 3.05) is 0 Å². The predicted molar refractivity (Wildman–Crippen MR) is 82.7 cm³/mol. The van der Waals surface area contributed by atoms with Crippen molar-refractivity contribution < 1.29 is 9.31 Å². The number of hydrogen-bond donors (Lipinski definition) is 2. The third kappa shape index (κ3) is 3.03. The molecule has 3 aromatic rings. The van der Waals surface area contributed by atoms with Crippen LogP contribution in [0.3, 0.4) is 0 Å². The van der Waals surface area contributed by atoms with E-state index in [1.165, 1.54) is 24.3 Å². The van der Waals surface area contributed by atoms with E-state index in [0.717, 1.165) is 5.56 Å². The molecule has 2 aromatic carbocycles. The third-order valence-electron chi connectivity index (χ3n) is 3.54. The van der Waals surface area contributed by atoms with Crippen molar-refractivity contribution in [1.29, 1.82) is 0 Å². The molecular weight excluding hydrogens is 301 g/mol. The summed E-state index contributed by atoms with van der Waals surface area (Å²) in [6.45, 7) is 0. The number of non-ortho nitro benzene ring substituents is 1. The summed E-state index contributed by atoms with van der Waals surface area (Å²) in [5.74, 6) is -0.340. The van der Waals surface area contributed by atoms with Gasteiger partial charge in [-0.25, -0.2) is 4.39 Å². The van der Waals surface area contributed by atoms with Gasteiger partial charge in [-0.3, -0.25) is 25.1 Å². The van der Waals surface area contributed by atoms with Gasteiger partial charge in [0.1, 0.15) is 5.82 Å². The molecule has 0 radical (unpaired) electrons. The Bertz CT molecular complexity index is 896. The van der Waals surface area contributed by atoms with Crippen molar-refractivity contribution >= 4 is 5.69 Å². The van der Waals surface area contributed by atoms with E-state index in [0.29, 0.717) is 23.2 Å². The van der Waals surface area contributed by atoms with Crippen molar-refractivity contribution in [3.63, 3.8) is 0 Å². The maximum atomic E-state index is 13.0. The summed E-state index contributed by atoms with van der Waals surface area (Å²) in [5, 5.41) is 16.0. The highest BCUT2D eigenvalue weighted by Gasteiger charge is 2.14. The van der Waals surface area contributed by atoms with Gasteiger partial charge in [-0.1, -0.05) is 12.1 Å². The van der Waals surface area contributed by atoms with Crippen LogP contribution in [0.4, 0.5) is 10.1 Å². The van der Waals surface area contributed by atoms with E-state index < -0.39 is 4.92 Å². The summed E-state index contributed by atoms with van der Waals surface area (Å²) in [5.41, 5.74) is 2.21. The molecule has 0 spiro atoms. The molecule has 0 bridgehead atoms. The number of aromatic nitrogens is 2. The van der Waals surface area contributed by atoms with Crippen molar-refractivity contribution in [3.8, 4) is 11.3 Å². The van der Waals surface area contributed by atoms with Gasteiger partial charge in [0.15, 0.2) is 0 Å². The van der Waals surface area contributed by atoms with Gasteiger partial charge in [0.25, 0.3) is 11.2 Å². The molecular formula is C16H12FN3O3. The Balaban J connectivity index is 1.96. The summed E-state index contributed by atoms with van der Waals surface area (Å²) in [4.78, 5) is 22.2. The highest BCUT2D eigenvalue weighted by Crippen LogP contribution is 2.23. The second-order valence-corrected chi connectivity index (χ2v) is 5.04. The lowest BCUT2D eigenvalue weighted by Gasteiger charge is -2.03. The van der Waals surface area contributed by atoms with Gasteiger partial charge >= 0.3 is 0 Å². The number of hydrogen-bond acceptors (Lipinski definition) is 3. The summed E-state index contributed by atoms with van der Waals surface area (Å²) in [6, 6.07) is 11.8. The molecule has 0 aliphatic rings. The number of halogens is 1. The zero-order valence-corrected chi connectivity index (χ0v) is 11.9. The van der Waals surface area contributed by atoms with Crippen LogP contribution < -0.4 is 5.56 Å². The number of benzene rings is 2. The SMILES string of the molecule is O=c1[nH][nH]c(-c2ccc([N+](=O)[O-])cc2)c1Cc1ccc(F)cc1. The standard InChI is InChI=1S/C16H12FN3O3/c17-12-5-1-10(2-6-12)9-14-15(18-19-16(14)21)11-3-7-13(8-4-11)20(22)23/h1-8H,9H2,(H2,18,19,21). The smallest absolute Gasteiger partial charge is 0.269 e. The molecule has 0 unspecified atom stereocenters. The molecule has 23 heavy (non-hydrogen) atoms. The van der Waals surface area contributed by atoms with Crippen LogP contribution >= 0.6 is 0 Å². The number of nitrogens with one attached hydrogen (secondary N) is 2. The Morgan fingerprint density at radius 2 is 1.65 bits per heavy atom. The molecule has 116 valence electrons. The second kappa shape index (κ2) is 5.88. The van der Waals surface area contributed by atoms with E-state index in [1.807, 2.05) is 0 Å². The van der Waals surface area contributed by atoms with E-state index >= 15 is 0 Å². The molecule has 0 amide bonds. The lowest BCUT2D eigenvalue weighted by atomic mass is 10.0. The number of H-pyrrole nitrogens is 2. The van der Waals surface area contributed by atoms with E-state index in [2.05, 4.69) is 10.2 Å². The molecule has 0 saturated heterocycles. The fraction of sp³-hybridized carbons (Fsp3) is 0.0625. The first-order valence-corrected chi connectivity index (χ1v) is 6.83. The quantitative estimate of drug-likeness (QED) is 0.573. The number of nitro benzene ring substituents is 1. The van der Waals surface area contributed by atoms with Crippen molar-refractivity contribution in [2.45, 2.75) is 6.42 Å². The summed E-state index contributed by atoms with van der Waals surface area (Å²) in [6.07, 6.45) is 0.325. The van der Waals surface area contributed by atoms with Crippen LogP contribution in [-0.2, 0) is 6.42 Å². The van der Waals surface area contributed by atoms with E-state index in [9.17, 15) is 19.3 Å². The van der Waals surface area contributed by atoms with Crippen LogP contribution in [0.25, 0.3) is 11.3 Å². The zero-order valence-electron chi connectivity index (χ0n) is 11.9. The molecule has 7 heteroatoms. The predicted octanol–water partition coefficient (Wildman–Crippen LogP) is 3.01. The second-order valence-electron chi connectivity index (χ2n) is 5.04. The van der Waals surface area contributed by atoms with Gasteiger partial charge in [0.05, 0.1) is 10.6 Å². The molecule has 0 aliphatic carbocycles. The van der Waals surface area contributed by atoms with Gasteiger partial charge in [-0.2, -0.15) is 0 Å². The number of nitrogens with zero attached hydrogens (tertiary/aromatic N) is 1. The highest BCUT2D eigenvalue weighted by molar-refractivity contribution is 5.64. The van der Waals surface area contributed by atoms with Crippen LogP contribution in [-0.4, -0.2) is 15.1 Å². The minimum Gasteiger partial charge on any atom is -0.297 e. The first-order chi connectivity index (χ1) is 11.0. The molecule has 1 heterocycles. The fourth-order valence-electron chi connectivity index (χ4n) is 2.35. The molecule has 6 nitrogen and oxygen atoms in total. The number of aromatic amines is 2. The molecule has 0 aliphatic heterocycles.